The number of carbonyl (C=O) groups excluding carboxylic acids is 1. The number of thioether (sulfide) groups is 1. The van der Waals surface area contributed by atoms with Crippen molar-refractivity contribution in [2.75, 3.05) is 4.90 Å². The van der Waals surface area contributed by atoms with Crippen molar-refractivity contribution in [3.8, 4) is 5.75 Å². The summed E-state index contributed by atoms with van der Waals surface area (Å²) in [4.78, 5) is 15.1. The maximum absolute atomic E-state index is 13.1. The molecule has 1 aliphatic rings. The van der Waals surface area contributed by atoms with Gasteiger partial charge in [0, 0.05) is 5.02 Å². The Morgan fingerprint density at radius 3 is 2.59 bits per heavy atom. The average Bonchev–Trinajstić information content (AvgIpc) is 3.10. The number of fused-ring (bicyclic) bond motifs is 1. The topological polar surface area (TPSA) is 29.5 Å². The van der Waals surface area contributed by atoms with Gasteiger partial charge >= 0.3 is 0 Å². The van der Waals surface area contributed by atoms with Crippen LogP contribution in [-0.4, -0.2) is 10.2 Å². The van der Waals surface area contributed by atoms with E-state index < -0.39 is 0 Å². The molecule has 0 atom stereocenters. The van der Waals surface area contributed by atoms with E-state index in [0.717, 1.165) is 16.9 Å². The van der Waals surface area contributed by atoms with Crippen LogP contribution in [0.4, 0.5) is 5.69 Å². The Kier molecular flexibility index (Phi) is 6.61. The summed E-state index contributed by atoms with van der Waals surface area (Å²) in [6, 6.07) is 27.0. The van der Waals surface area contributed by atoms with E-state index in [1.807, 2.05) is 48.5 Å². The fraction of sp³-hybridized carbons (Fsp3) is 0.0370. The number of ether oxygens (including phenoxy) is 1. The number of halogens is 2. The van der Waals surface area contributed by atoms with Crippen LogP contribution >= 0.6 is 47.2 Å². The van der Waals surface area contributed by atoms with Gasteiger partial charge in [-0.25, -0.2) is 0 Å². The summed E-state index contributed by atoms with van der Waals surface area (Å²) in [5.41, 5.74) is 2.48. The molecule has 0 N–H and O–H groups in total. The van der Waals surface area contributed by atoms with Gasteiger partial charge in [0.15, 0.2) is 4.32 Å². The standard InChI is InChI=1S/C27H17Cl2NO2S2/c28-20-11-12-24(23(29)15-20)30-26(31)25(34-27(30)33)14-17-5-3-9-21(13-17)32-16-19-8-4-7-18-6-1-2-10-22(18)19/h1-15H,16H2/b25-14-. The zero-order chi connectivity index (χ0) is 23.7. The monoisotopic (exact) mass is 521 g/mol. The Morgan fingerprint density at radius 1 is 0.941 bits per heavy atom. The molecule has 5 rings (SSSR count). The number of carbonyl (C=O) groups is 1. The lowest BCUT2D eigenvalue weighted by molar-refractivity contribution is -0.113. The number of benzene rings is 4. The predicted octanol–water partition coefficient (Wildman–Crippen LogP) is 8.13. The van der Waals surface area contributed by atoms with Gasteiger partial charge in [-0.05, 0) is 58.3 Å². The van der Waals surface area contributed by atoms with Crippen molar-refractivity contribution in [2.45, 2.75) is 6.61 Å². The van der Waals surface area contributed by atoms with Crippen LogP contribution in [0.1, 0.15) is 11.1 Å². The van der Waals surface area contributed by atoms with E-state index in [9.17, 15) is 4.79 Å². The molecule has 4 aromatic rings. The predicted molar refractivity (Wildman–Crippen MR) is 147 cm³/mol. The SMILES string of the molecule is O=C1/C(=C/c2cccc(OCc3cccc4ccccc34)c2)SC(=S)N1c1ccc(Cl)cc1Cl. The average molecular weight is 522 g/mol. The molecular weight excluding hydrogens is 505 g/mol. The maximum Gasteiger partial charge on any atom is 0.270 e. The van der Waals surface area contributed by atoms with Gasteiger partial charge in [0.2, 0.25) is 0 Å². The molecule has 1 amide bonds. The molecule has 1 saturated heterocycles. The smallest absolute Gasteiger partial charge is 0.270 e. The third kappa shape index (κ3) is 4.70. The lowest BCUT2D eigenvalue weighted by atomic mass is 10.1. The molecule has 0 aromatic heterocycles. The van der Waals surface area contributed by atoms with Gasteiger partial charge in [-0.1, -0.05) is 102 Å². The Morgan fingerprint density at radius 2 is 1.74 bits per heavy atom. The van der Waals surface area contributed by atoms with Gasteiger partial charge in [-0.2, -0.15) is 0 Å². The van der Waals surface area contributed by atoms with Gasteiger partial charge in [0.05, 0.1) is 15.6 Å². The molecule has 1 aliphatic heterocycles. The number of thiocarbonyl (C=S) groups is 1. The highest BCUT2D eigenvalue weighted by molar-refractivity contribution is 8.27. The molecule has 1 fully saturated rings. The molecule has 0 unspecified atom stereocenters. The van der Waals surface area contributed by atoms with E-state index in [4.69, 9.17) is 40.2 Å². The zero-order valence-electron chi connectivity index (χ0n) is 17.7. The first-order chi connectivity index (χ1) is 16.5. The minimum absolute atomic E-state index is 0.221. The van der Waals surface area contributed by atoms with E-state index in [1.165, 1.54) is 27.4 Å². The van der Waals surface area contributed by atoms with Crippen molar-refractivity contribution in [3.05, 3.63) is 111 Å². The van der Waals surface area contributed by atoms with E-state index in [-0.39, 0.29) is 5.91 Å². The fourth-order valence-electron chi connectivity index (χ4n) is 3.76. The van der Waals surface area contributed by atoms with Crippen molar-refractivity contribution in [1.29, 1.82) is 0 Å². The minimum Gasteiger partial charge on any atom is -0.489 e. The van der Waals surface area contributed by atoms with Crippen LogP contribution in [0.2, 0.25) is 10.0 Å². The molecule has 34 heavy (non-hydrogen) atoms. The highest BCUT2D eigenvalue weighted by Gasteiger charge is 2.34. The molecule has 3 nitrogen and oxygen atoms in total. The summed E-state index contributed by atoms with van der Waals surface area (Å²) in [7, 11) is 0. The van der Waals surface area contributed by atoms with E-state index >= 15 is 0 Å². The molecular formula is C27H17Cl2NO2S2. The Bertz CT molecular complexity index is 1460. The molecule has 0 bridgehead atoms. The van der Waals surface area contributed by atoms with E-state index in [1.54, 1.807) is 18.2 Å². The number of hydrogen-bond donors (Lipinski definition) is 0. The number of hydrogen-bond acceptors (Lipinski definition) is 4. The number of nitrogens with zero attached hydrogens (tertiary/aromatic N) is 1. The second-order valence-corrected chi connectivity index (χ2v) is 10.1. The highest BCUT2D eigenvalue weighted by atomic mass is 35.5. The largest absolute Gasteiger partial charge is 0.489 e. The number of amides is 1. The maximum atomic E-state index is 13.1. The Balaban J connectivity index is 1.35. The normalized spacial score (nSPS) is 14.9. The first kappa shape index (κ1) is 22.9. The third-order valence-corrected chi connectivity index (χ3v) is 7.21. The molecule has 0 radical (unpaired) electrons. The highest BCUT2D eigenvalue weighted by Crippen LogP contribution is 2.39. The quantitative estimate of drug-likeness (QED) is 0.196. The molecule has 0 saturated carbocycles. The van der Waals surface area contributed by atoms with Crippen molar-refractivity contribution < 1.29 is 9.53 Å². The second kappa shape index (κ2) is 9.80. The molecule has 0 spiro atoms. The van der Waals surface area contributed by atoms with Gasteiger partial charge in [0.25, 0.3) is 5.91 Å². The number of anilines is 1. The number of rotatable bonds is 5. The van der Waals surface area contributed by atoms with Crippen LogP contribution in [0.5, 0.6) is 5.75 Å². The zero-order valence-corrected chi connectivity index (χ0v) is 20.8. The van der Waals surface area contributed by atoms with Crippen LogP contribution in [0, 0.1) is 0 Å². The second-order valence-electron chi connectivity index (χ2n) is 7.61. The minimum atomic E-state index is -0.221. The van der Waals surface area contributed by atoms with Crippen LogP contribution < -0.4 is 9.64 Å². The van der Waals surface area contributed by atoms with Crippen LogP contribution in [0.25, 0.3) is 16.8 Å². The lowest BCUT2D eigenvalue weighted by Crippen LogP contribution is -2.27. The molecule has 0 aliphatic carbocycles. The van der Waals surface area contributed by atoms with Crippen molar-refractivity contribution in [1.82, 2.24) is 0 Å². The van der Waals surface area contributed by atoms with Crippen LogP contribution in [0.15, 0.2) is 89.8 Å². The van der Waals surface area contributed by atoms with Crippen molar-refractivity contribution >= 4 is 79.9 Å². The van der Waals surface area contributed by atoms with Crippen LogP contribution in [0.3, 0.4) is 0 Å². The summed E-state index contributed by atoms with van der Waals surface area (Å²) in [6.07, 6.45) is 1.81. The van der Waals surface area contributed by atoms with Gasteiger partial charge in [-0.3, -0.25) is 9.69 Å². The summed E-state index contributed by atoms with van der Waals surface area (Å²) in [5.74, 6) is 0.499. The first-order valence-corrected chi connectivity index (χ1v) is 12.4. The Labute approximate surface area is 216 Å². The summed E-state index contributed by atoms with van der Waals surface area (Å²) in [5, 5.41) is 3.22. The third-order valence-electron chi connectivity index (χ3n) is 5.37. The lowest BCUT2D eigenvalue weighted by Gasteiger charge is -2.16. The van der Waals surface area contributed by atoms with E-state index in [0.29, 0.717) is 31.6 Å². The van der Waals surface area contributed by atoms with Crippen molar-refractivity contribution in [3.63, 3.8) is 0 Å². The summed E-state index contributed by atoms with van der Waals surface area (Å²) < 4.78 is 6.50. The molecule has 4 aromatic carbocycles. The molecule has 1 heterocycles. The summed E-state index contributed by atoms with van der Waals surface area (Å²) in [6.45, 7) is 0.446. The van der Waals surface area contributed by atoms with Crippen molar-refractivity contribution in [2.24, 2.45) is 0 Å². The van der Waals surface area contributed by atoms with Crippen LogP contribution in [-0.2, 0) is 11.4 Å². The summed E-state index contributed by atoms with van der Waals surface area (Å²) >= 11 is 19.0. The van der Waals surface area contributed by atoms with Gasteiger partial charge < -0.3 is 4.74 Å². The first-order valence-electron chi connectivity index (χ1n) is 10.4. The fourth-order valence-corrected chi connectivity index (χ4v) is 5.54. The van der Waals surface area contributed by atoms with E-state index in [2.05, 4.69) is 24.3 Å². The van der Waals surface area contributed by atoms with Gasteiger partial charge in [0.1, 0.15) is 12.4 Å². The van der Waals surface area contributed by atoms with Gasteiger partial charge in [-0.15, -0.1) is 0 Å². The Hall–Kier alpha value is -2.83. The molecule has 168 valence electrons. The molecule has 7 heteroatoms.